The number of hydrogen-bond acceptors (Lipinski definition) is 3. The van der Waals surface area contributed by atoms with E-state index in [1.165, 1.54) is 11.1 Å². The van der Waals surface area contributed by atoms with Crippen molar-refractivity contribution in [3.05, 3.63) is 70.8 Å². The van der Waals surface area contributed by atoms with Gasteiger partial charge in [0.25, 0.3) is 5.91 Å². The average Bonchev–Trinajstić information content (AvgIpc) is 2.80. The number of amides is 1. The van der Waals surface area contributed by atoms with E-state index in [2.05, 4.69) is 46.8 Å². The summed E-state index contributed by atoms with van der Waals surface area (Å²) in [5, 5.41) is 6.94. The van der Waals surface area contributed by atoms with Crippen LogP contribution in [0.15, 0.2) is 53.5 Å². The van der Waals surface area contributed by atoms with Gasteiger partial charge in [0.2, 0.25) is 0 Å². The Morgan fingerprint density at radius 3 is 2.31 bits per heavy atom. The molecule has 1 saturated heterocycles. The first-order valence-electron chi connectivity index (χ1n) is 10.8. The van der Waals surface area contributed by atoms with Crippen LogP contribution in [0.4, 0.5) is 0 Å². The van der Waals surface area contributed by atoms with E-state index in [4.69, 9.17) is 4.74 Å². The van der Waals surface area contributed by atoms with Crippen LogP contribution in [0.2, 0.25) is 0 Å². The number of nitrogens with zero attached hydrogens (tertiary/aromatic N) is 2. The zero-order valence-electron chi connectivity index (χ0n) is 19.5. The summed E-state index contributed by atoms with van der Waals surface area (Å²) < 4.78 is 5.67. The molecule has 1 fully saturated rings. The molecule has 3 rings (SSSR count). The lowest BCUT2D eigenvalue weighted by atomic mass is 9.72. The summed E-state index contributed by atoms with van der Waals surface area (Å²) in [4.78, 5) is 18.0. The van der Waals surface area contributed by atoms with Crippen LogP contribution in [0, 0.1) is 6.92 Å². The third kappa shape index (κ3) is 6.45. The monoisotopic (exact) mass is 550 g/mol. The van der Waals surface area contributed by atoms with Gasteiger partial charge in [-0.15, -0.1) is 24.0 Å². The zero-order valence-corrected chi connectivity index (χ0v) is 21.8. The van der Waals surface area contributed by atoms with Gasteiger partial charge in [-0.05, 0) is 48.6 Å². The van der Waals surface area contributed by atoms with E-state index in [1.807, 2.05) is 24.3 Å². The Labute approximate surface area is 208 Å². The number of halogens is 1. The largest absolute Gasteiger partial charge is 0.381 e. The van der Waals surface area contributed by atoms with Gasteiger partial charge in [-0.2, -0.15) is 0 Å². The van der Waals surface area contributed by atoms with Crippen LogP contribution in [-0.4, -0.2) is 57.7 Å². The van der Waals surface area contributed by atoms with Crippen LogP contribution in [-0.2, 0) is 16.7 Å². The predicted molar refractivity (Wildman–Crippen MR) is 141 cm³/mol. The van der Waals surface area contributed by atoms with Crippen molar-refractivity contribution in [2.45, 2.75) is 31.7 Å². The van der Waals surface area contributed by atoms with Crippen LogP contribution in [0.5, 0.6) is 0 Å². The van der Waals surface area contributed by atoms with E-state index in [1.54, 1.807) is 26.0 Å². The quantitative estimate of drug-likeness (QED) is 0.327. The molecular formula is C25H35IN4O2. The van der Waals surface area contributed by atoms with Crippen LogP contribution in [0.25, 0.3) is 0 Å². The highest BCUT2D eigenvalue weighted by Gasteiger charge is 2.35. The number of nitrogens with one attached hydrogen (secondary N) is 2. The maximum absolute atomic E-state index is 12.0. The highest BCUT2D eigenvalue weighted by Crippen LogP contribution is 2.36. The minimum atomic E-state index is 0. The molecule has 1 aliphatic heterocycles. The number of benzene rings is 2. The lowest BCUT2D eigenvalue weighted by Gasteiger charge is -2.39. The van der Waals surface area contributed by atoms with Gasteiger partial charge in [-0.25, -0.2) is 0 Å². The fourth-order valence-corrected chi connectivity index (χ4v) is 4.15. The SMILES string of the molecule is CN=C(NCc1ccc(C(=O)N(C)C)cc1)NCC1(c2ccccc2C)CCOCC1.I. The maximum Gasteiger partial charge on any atom is 0.253 e. The van der Waals surface area contributed by atoms with Gasteiger partial charge in [-0.3, -0.25) is 9.79 Å². The van der Waals surface area contributed by atoms with Gasteiger partial charge in [0.05, 0.1) is 0 Å². The van der Waals surface area contributed by atoms with E-state index in [9.17, 15) is 4.79 Å². The Bertz CT molecular complexity index is 906. The predicted octanol–water partition coefficient (Wildman–Crippen LogP) is 3.73. The van der Waals surface area contributed by atoms with Gasteiger partial charge < -0.3 is 20.3 Å². The normalized spacial score (nSPS) is 15.4. The van der Waals surface area contributed by atoms with Crippen molar-refractivity contribution in [3.63, 3.8) is 0 Å². The molecule has 0 atom stereocenters. The second kappa shape index (κ2) is 12.2. The Kier molecular flexibility index (Phi) is 9.96. The molecule has 2 aromatic carbocycles. The van der Waals surface area contributed by atoms with Gasteiger partial charge in [0, 0.05) is 58.4 Å². The molecule has 1 amide bonds. The first kappa shape index (κ1) is 26.1. The number of hydrogen-bond donors (Lipinski definition) is 2. The summed E-state index contributed by atoms with van der Waals surface area (Å²) in [5.74, 6) is 0.780. The highest BCUT2D eigenvalue weighted by molar-refractivity contribution is 14.0. The van der Waals surface area contributed by atoms with Gasteiger partial charge in [-0.1, -0.05) is 36.4 Å². The van der Waals surface area contributed by atoms with Crippen molar-refractivity contribution in [2.24, 2.45) is 4.99 Å². The fourth-order valence-electron chi connectivity index (χ4n) is 4.15. The maximum atomic E-state index is 12.0. The summed E-state index contributed by atoms with van der Waals surface area (Å²) in [7, 11) is 5.31. The van der Waals surface area contributed by atoms with Crippen LogP contribution in [0.3, 0.4) is 0 Å². The third-order valence-electron chi connectivity index (χ3n) is 6.05. The minimum Gasteiger partial charge on any atom is -0.381 e. The molecule has 6 nitrogen and oxygen atoms in total. The summed E-state index contributed by atoms with van der Waals surface area (Å²) in [5.41, 5.74) is 4.54. The Morgan fingerprint density at radius 2 is 1.72 bits per heavy atom. The van der Waals surface area contributed by atoms with Crippen molar-refractivity contribution < 1.29 is 9.53 Å². The molecule has 2 N–H and O–H groups in total. The van der Waals surface area contributed by atoms with Crippen molar-refractivity contribution in [1.82, 2.24) is 15.5 Å². The number of carbonyl (C=O) groups excluding carboxylic acids is 1. The minimum absolute atomic E-state index is 0. The molecule has 174 valence electrons. The standard InChI is InChI=1S/C25H34N4O2.HI/c1-19-7-5-6-8-22(19)25(13-15-31-16-14-25)18-28-24(26-2)27-17-20-9-11-21(12-10-20)23(30)29(3)4;/h5-12H,13-18H2,1-4H3,(H2,26,27,28);1H. The molecule has 0 radical (unpaired) electrons. The Morgan fingerprint density at radius 1 is 1.06 bits per heavy atom. The topological polar surface area (TPSA) is 66.0 Å². The summed E-state index contributed by atoms with van der Waals surface area (Å²) in [6.07, 6.45) is 1.98. The molecule has 2 aromatic rings. The van der Waals surface area contributed by atoms with Crippen LogP contribution in [0.1, 0.15) is 39.9 Å². The number of carbonyl (C=O) groups is 1. The second-order valence-electron chi connectivity index (χ2n) is 8.38. The molecule has 7 heteroatoms. The Balaban J connectivity index is 0.00000363. The Hall–Kier alpha value is -2.13. The molecule has 0 unspecified atom stereocenters. The number of ether oxygens (including phenoxy) is 1. The third-order valence-corrected chi connectivity index (χ3v) is 6.05. The first-order chi connectivity index (χ1) is 14.9. The molecule has 0 saturated carbocycles. The average molecular weight is 550 g/mol. The van der Waals surface area contributed by atoms with E-state index in [-0.39, 0.29) is 35.3 Å². The molecule has 1 aliphatic rings. The van der Waals surface area contributed by atoms with Crippen molar-refractivity contribution >= 4 is 35.8 Å². The van der Waals surface area contributed by atoms with E-state index in [0.717, 1.165) is 44.1 Å². The van der Waals surface area contributed by atoms with Crippen molar-refractivity contribution in [1.29, 1.82) is 0 Å². The van der Waals surface area contributed by atoms with Crippen LogP contribution >= 0.6 is 24.0 Å². The number of rotatable bonds is 6. The smallest absolute Gasteiger partial charge is 0.253 e. The summed E-state index contributed by atoms with van der Waals surface area (Å²) in [6.45, 7) is 5.18. The molecule has 0 aliphatic carbocycles. The molecule has 32 heavy (non-hydrogen) atoms. The van der Waals surface area contributed by atoms with Crippen molar-refractivity contribution in [3.8, 4) is 0 Å². The number of guanidine groups is 1. The molecule has 0 aromatic heterocycles. The highest BCUT2D eigenvalue weighted by atomic mass is 127. The van der Waals surface area contributed by atoms with Crippen molar-refractivity contribution in [2.75, 3.05) is 40.9 Å². The molecule has 0 bridgehead atoms. The van der Waals surface area contributed by atoms with E-state index < -0.39 is 0 Å². The summed E-state index contributed by atoms with van der Waals surface area (Å²) in [6, 6.07) is 16.3. The van der Waals surface area contributed by atoms with Crippen LogP contribution < -0.4 is 10.6 Å². The van der Waals surface area contributed by atoms with Gasteiger partial charge in [0.1, 0.15) is 0 Å². The summed E-state index contributed by atoms with van der Waals surface area (Å²) >= 11 is 0. The van der Waals surface area contributed by atoms with Gasteiger partial charge in [0.15, 0.2) is 5.96 Å². The number of aliphatic imine (C=N–C) groups is 1. The molecule has 0 spiro atoms. The lowest BCUT2D eigenvalue weighted by molar-refractivity contribution is 0.0512. The number of aryl methyl sites for hydroxylation is 1. The molecule has 1 heterocycles. The van der Waals surface area contributed by atoms with E-state index >= 15 is 0 Å². The lowest BCUT2D eigenvalue weighted by Crippen LogP contribution is -2.48. The fraction of sp³-hybridized carbons (Fsp3) is 0.440. The molecular weight excluding hydrogens is 515 g/mol. The zero-order chi connectivity index (χ0) is 22.3. The van der Waals surface area contributed by atoms with Gasteiger partial charge >= 0.3 is 0 Å². The second-order valence-corrected chi connectivity index (χ2v) is 8.38. The first-order valence-corrected chi connectivity index (χ1v) is 10.8. The van der Waals surface area contributed by atoms with E-state index in [0.29, 0.717) is 12.1 Å².